The van der Waals surface area contributed by atoms with E-state index in [1.165, 1.54) is 13.1 Å². The van der Waals surface area contributed by atoms with E-state index in [9.17, 15) is 19.5 Å². The first-order chi connectivity index (χ1) is 18.4. The van der Waals surface area contributed by atoms with E-state index in [-0.39, 0.29) is 32.1 Å². The summed E-state index contributed by atoms with van der Waals surface area (Å²) in [5, 5.41) is 12.5. The summed E-state index contributed by atoms with van der Waals surface area (Å²) < 4.78 is 10.5. The molecule has 0 radical (unpaired) electrons. The normalized spacial score (nSPS) is 12.6. The summed E-state index contributed by atoms with van der Waals surface area (Å²) in [5.74, 6) is -1.24. The maximum absolute atomic E-state index is 12.9. The minimum Gasteiger partial charge on any atom is -0.480 e. The minimum atomic E-state index is -1.13. The highest BCUT2D eigenvalue weighted by Crippen LogP contribution is 2.44. The topological polar surface area (TPSA) is 105 Å². The number of alkyl carbamates (subject to hydrolysis) is 1. The van der Waals surface area contributed by atoms with E-state index in [2.05, 4.69) is 24.0 Å². The zero-order chi connectivity index (χ0) is 27.1. The molecule has 0 fully saturated rings. The number of hydrogen-bond donors (Lipinski definition) is 2. The fraction of sp³-hybridized carbons (Fsp3) is 0.233. The molecule has 38 heavy (non-hydrogen) atoms. The smallest absolute Gasteiger partial charge is 0.410 e. The van der Waals surface area contributed by atoms with Gasteiger partial charge in [0.25, 0.3) is 0 Å². The van der Waals surface area contributed by atoms with Gasteiger partial charge < -0.3 is 19.9 Å². The zero-order valence-corrected chi connectivity index (χ0v) is 21.1. The first-order valence-electron chi connectivity index (χ1n) is 12.3. The van der Waals surface area contributed by atoms with E-state index in [4.69, 9.17) is 9.47 Å². The van der Waals surface area contributed by atoms with Gasteiger partial charge in [-0.15, -0.1) is 0 Å². The number of nitrogens with one attached hydrogen (secondary N) is 1. The van der Waals surface area contributed by atoms with Crippen molar-refractivity contribution in [2.24, 2.45) is 0 Å². The van der Waals surface area contributed by atoms with Crippen LogP contribution in [0.2, 0.25) is 0 Å². The van der Waals surface area contributed by atoms with Crippen LogP contribution in [0.1, 0.15) is 28.2 Å². The number of carboxylic acids is 1. The van der Waals surface area contributed by atoms with Gasteiger partial charge in [0.05, 0.1) is 0 Å². The summed E-state index contributed by atoms with van der Waals surface area (Å²) in [4.78, 5) is 37.7. The Morgan fingerprint density at radius 2 is 1.53 bits per heavy atom. The summed E-state index contributed by atoms with van der Waals surface area (Å²) in [6, 6.07) is 22.1. The van der Waals surface area contributed by atoms with Gasteiger partial charge in [0.15, 0.2) is 0 Å². The number of carboxylic acid groups (broad SMARTS) is 1. The van der Waals surface area contributed by atoms with E-state index >= 15 is 0 Å². The molecule has 0 spiro atoms. The molecule has 8 heteroatoms. The van der Waals surface area contributed by atoms with Crippen LogP contribution < -0.4 is 5.32 Å². The van der Waals surface area contributed by atoms with E-state index in [0.29, 0.717) is 0 Å². The number of fused-ring (bicyclic) bond motifs is 3. The van der Waals surface area contributed by atoms with Gasteiger partial charge in [-0.3, -0.25) is 4.90 Å². The lowest BCUT2D eigenvalue weighted by Crippen LogP contribution is -2.44. The lowest BCUT2D eigenvalue weighted by molar-refractivity contribution is -0.142. The largest absolute Gasteiger partial charge is 0.480 e. The lowest BCUT2D eigenvalue weighted by atomic mass is 9.98. The van der Waals surface area contributed by atoms with E-state index in [0.717, 1.165) is 38.3 Å². The molecule has 0 unspecified atom stereocenters. The van der Waals surface area contributed by atoms with Crippen LogP contribution in [0, 0.1) is 0 Å². The maximum atomic E-state index is 12.9. The predicted octanol–water partition coefficient (Wildman–Crippen LogP) is 4.98. The Balaban J connectivity index is 1.36. The molecule has 1 atom stereocenters. The molecule has 0 heterocycles. The van der Waals surface area contributed by atoms with Gasteiger partial charge >= 0.3 is 18.2 Å². The number of carbonyl (C=O) groups is 3. The monoisotopic (exact) mass is 514 g/mol. The quantitative estimate of drug-likeness (QED) is 0.370. The second-order valence-corrected chi connectivity index (χ2v) is 9.03. The van der Waals surface area contributed by atoms with Gasteiger partial charge in [-0.2, -0.15) is 0 Å². The van der Waals surface area contributed by atoms with Crippen molar-refractivity contribution in [2.45, 2.75) is 24.9 Å². The Kier molecular flexibility index (Phi) is 8.43. The van der Waals surface area contributed by atoms with Crippen molar-refractivity contribution in [3.63, 3.8) is 0 Å². The summed E-state index contributed by atoms with van der Waals surface area (Å²) >= 11 is 0. The number of benzene rings is 3. The zero-order valence-electron chi connectivity index (χ0n) is 21.1. The highest BCUT2D eigenvalue weighted by atomic mass is 16.6. The second-order valence-electron chi connectivity index (χ2n) is 9.03. The molecule has 0 aliphatic heterocycles. The fourth-order valence-corrected chi connectivity index (χ4v) is 4.59. The van der Waals surface area contributed by atoms with E-state index < -0.39 is 24.2 Å². The minimum absolute atomic E-state index is 0.102. The van der Waals surface area contributed by atoms with Gasteiger partial charge in [-0.05, 0) is 33.4 Å². The third kappa shape index (κ3) is 6.03. The highest BCUT2D eigenvalue weighted by Gasteiger charge is 2.32. The molecule has 196 valence electrons. The average Bonchev–Trinajstić information content (AvgIpc) is 3.26. The third-order valence-electron chi connectivity index (χ3n) is 6.60. The highest BCUT2D eigenvalue weighted by molar-refractivity contribution is 5.81. The molecule has 1 aliphatic rings. The van der Waals surface area contributed by atoms with Gasteiger partial charge in [0, 0.05) is 25.9 Å². The second kappa shape index (κ2) is 12.1. The Labute approximate surface area is 221 Å². The van der Waals surface area contributed by atoms with Gasteiger partial charge in [-0.25, -0.2) is 14.4 Å². The Morgan fingerprint density at radius 3 is 2.11 bits per heavy atom. The van der Waals surface area contributed by atoms with Gasteiger partial charge in [0.1, 0.15) is 19.3 Å². The summed E-state index contributed by atoms with van der Waals surface area (Å²) in [5.41, 5.74) is 5.96. The van der Waals surface area contributed by atoms with Crippen molar-refractivity contribution in [3.05, 3.63) is 108 Å². The maximum Gasteiger partial charge on any atom is 0.410 e. The van der Waals surface area contributed by atoms with Crippen molar-refractivity contribution >= 4 is 18.2 Å². The molecule has 3 aromatic rings. The van der Waals surface area contributed by atoms with Crippen molar-refractivity contribution < 1.29 is 29.0 Å². The number of likely N-dealkylation sites (N-methyl/N-ethyl adjacent to an activating group) is 1. The van der Waals surface area contributed by atoms with Crippen molar-refractivity contribution in [1.82, 2.24) is 10.2 Å². The molecule has 2 amide bonds. The van der Waals surface area contributed by atoms with Crippen LogP contribution in [0.25, 0.3) is 11.1 Å². The van der Waals surface area contributed by atoms with Crippen molar-refractivity contribution in [2.75, 3.05) is 20.3 Å². The molecule has 4 rings (SSSR count). The summed E-state index contributed by atoms with van der Waals surface area (Å²) in [6.45, 7) is 3.98. The van der Waals surface area contributed by atoms with E-state index in [1.807, 2.05) is 36.4 Å². The molecular formula is C30H30N2O6. The molecule has 0 saturated carbocycles. The average molecular weight is 515 g/mol. The number of rotatable bonds is 10. The van der Waals surface area contributed by atoms with Crippen molar-refractivity contribution in [1.29, 1.82) is 0 Å². The summed E-state index contributed by atoms with van der Waals surface area (Å²) in [6.07, 6.45) is 0.334. The molecule has 1 aliphatic carbocycles. The van der Waals surface area contributed by atoms with E-state index in [1.54, 1.807) is 24.3 Å². The van der Waals surface area contributed by atoms with Crippen LogP contribution in [0.4, 0.5) is 9.59 Å². The molecular weight excluding hydrogens is 484 g/mol. The number of carbonyl (C=O) groups excluding carboxylic acids is 2. The first-order valence-corrected chi connectivity index (χ1v) is 12.3. The van der Waals surface area contributed by atoms with Crippen LogP contribution in [0.15, 0.2) is 85.5 Å². The number of aliphatic carboxylic acids is 1. The van der Waals surface area contributed by atoms with Crippen LogP contribution in [0.3, 0.4) is 0 Å². The van der Waals surface area contributed by atoms with Gasteiger partial charge in [0.2, 0.25) is 0 Å². The molecule has 0 saturated heterocycles. The standard InChI is InChI=1S/C30H30N2O6/c1-3-16-37-29(35)31-18-21-14-12-20(13-15-21)17-27(28(33)34)32(2)30(36)38-19-26-24-10-6-4-8-22(24)23-9-5-7-11-25(23)26/h3-15,26-27H,1,16-19H2,2H3,(H,31,35)(H,33,34)/t27-/m0/s1. The van der Waals surface area contributed by atoms with Crippen molar-refractivity contribution in [3.8, 4) is 11.1 Å². The fourth-order valence-electron chi connectivity index (χ4n) is 4.59. The lowest BCUT2D eigenvalue weighted by Gasteiger charge is -2.25. The van der Waals surface area contributed by atoms with Crippen LogP contribution in [-0.2, 0) is 27.2 Å². The molecule has 3 aromatic carbocycles. The number of ether oxygens (including phenoxy) is 2. The SMILES string of the molecule is C=CCOC(=O)NCc1ccc(C[C@@H](C(=O)O)N(C)C(=O)OCC2c3ccccc3-c3ccccc32)cc1. The molecule has 2 N–H and O–H groups in total. The van der Waals surface area contributed by atoms with Crippen LogP contribution >= 0.6 is 0 Å². The summed E-state index contributed by atoms with van der Waals surface area (Å²) in [7, 11) is 1.44. The predicted molar refractivity (Wildman–Crippen MR) is 143 cm³/mol. The number of hydrogen-bond acceptors (Lipinski definition) is 5. The van der Waals surface area contributed by atoms with Crippen LogP contribution in [0.5, 0.6) is 0 Å². The molecule has 0 aromatic heterocycles. The first kappa shape index (κ1) is 26.5. The number of amides is 2. The Bertz CT molecular complexity index is 1270. The Hall–Kier alpha value is -4.59. The van der Waals surface area contributed by atoms with Gasteiger partial charge in [-0.1, -0.05) is 85.5 Å². The van der Waals surface area contributed by atoms with Crippen LogP contribution in [-0.4, -0.2) is 54.5 Å². The third-order valence-corrected chi connectivity index (χ3v) is 6.60. The molecule has 0 bridgehead atoms. The Morgan fingerprint density at radius 1 is 0.947 bits per heavy atom. The molecule has 8 nitrogen and oxygen atoms in total. The number of nitrogens with zero attached hydrogens (tertiary/aromatic N) is 1.